The Morgan fingerprint density at radius 2 is 2.21 bits per heavy atom. The van der Waals surface area contributed by atoms with Crippen LogP contribution in [0, 0.1) is 0 Å². The number of aliphatic hydroxyl groups is 1. The van der Waals surface area contributed by atoms with Crippen LogP contribution in [-0.2, 0) is 14.3 Å². The zero-order chi connectivity index (χ0) is 10.8. The fourth-order valence-electron chi connectivity index (χ4n) is 1.01. The molecule has 0 rings (SSSR count). The molecule has 0 aliphatic carbocycles. The Morgan fingerprint density at radius 3 is 2.71 bits per heavy atom. The Hall–Kier alpha value is -0.650. The zero-order valence-electron chi connectivity index (χ0n) is 8.78. The van der Waals surface area contributed by atoms with Crippen molar-refractivity contribution in [3.8, 4) is 0 Å². The predicted molar refractivity (Wildman–Crippen MR) is 52.0 cm³/mol. The first-order chi connectivity index (χ1) is 6.76. The second kappa shape index (κ2) is 8.93. The SMILES string of the molecule is CCC(NCCOCCO)C(=O)OC. The van der Waals surface area contributed by atoms with E-state index in [9.17, 15) is 4.79 Å². The van der Waals surface area contributed by atoms with Crippen LogP contribution in [0.4, 0.5) is 0 Å². The molecule has 0 saturated carbocycles. The molecule has 1 atom stereocenters. The van der Waals surface area contributed by atoms with Crippen molar-refractivity contribution in [1.29, 1.82) is 0 Å². The van der Waals surface area contributed by atoms with Crippen LogP contribution in [0.1, 0.15) is 13.3 Å². The molecule has 0 aromatic carbocycles. The Kier molecular flexibility index (Phi) is 8.51. The van der Waals surface area contributed by atoms with Gasteiger partial charge in [-0.15, -0.1) is 0 Å². The van der Waals surface area contributed by atoms with Crippen molar-refractivity contribution in [3.63, 3.8) is 0 Å². The third kappa shape index (κ3) is 5.90. The molecule has 0 fully saturated rings. The van der Waals surface area contributed by atoms with Gasteiger partial charge >= 0.3 is 5.97 Å². The van der Waals surface area contributed by atoms with Gasteiger partial charge in [0.05, 0.1) is 26.9 Å². The van der Waals surface area contributed by atoms with E-state index in [0.717, 1.165) is 0 Å². The van der Waals surface area contributed by atoms with E-state index in [0.29, 0.717) is 26.2 Å². The number of methoxy groups -OCH3 is 1. The number of esters is 1. The summed E-state index contributed by atoms with van der Waals surface area (Å²) in [6, 6.07) is -0.266. The molecular formula is C9H19NO4. The third-order valence-electron chi connectivity index (χ3n) is 1.77. The third-order valence-corrected chi connectivity index (χ3v) is 1.77. The van der Waals surface area contributed by atoms with Gasteiger partial charge in [0.25, 0.3) is 0 Å². The molecule has 0 spiro atoms. The maximum atomic E-state index is 11.1. The summed E-state index contributed by atoms with van der Waals surface area (Å²) >= 11 is 0. The molecular weight excluding hydrogens is 186 g/mol. The van der Waals surface area contributed by atoms with Crippen LogP contribution in [0.2, 0.25) is 0 Å². The molecule has 5 nitrogen and oxygen atoms in total. The Morgan fingerprint density at radius 1 is 1.50 bits per heavy atom. The van der Waals surface area contributed by atoms with Crippen LogP contribution in [0.15, 0.2) is 0 Å². The number of carbonyl (C=O) groups is 1. The number of ether oxygens (including phenoxy) is 2. The summed E-state index contributed by atoms with van der Waals surface area (Å²) in [5.41, 5.74) is 0. The van der Waals surface area contributed by atoms with E-state index in [-0.39, 0.29) is 18.6 Å². The highest BCUT2D eigenvalue weighted by atomic mass is 16.5. The van der Waals surface area contributed by atoms with Crippen molar-refractivity contribution in [2.75, 3.05) is 33.5 Å². The first-order valence-corrected chi connectivity index (χ1v) is 4.76. The number of hydrogen-bond acceptors (Lipinski definition) is 5. The lowest BCUT2D eigenvalue weighted by Gasteiger charge is -2.13. The minimum atomic E-state index is -0.266. The number of nitrogens with one attached hydrogen (secondary N) is 1. The van der Waals surface area contributed by atoms with Crippen molar-refractivity contribution in [3.05, 3.63) is 0 Å². The van der Waals surface area contributed by atoms with Crippen molar-refractivity contribution < 1.29 is 19.4 Å². The molecule has 84 valence electrons. The molecule has 0 aromatic rings. The van der Waals surface area contributed by atoms with E-state index in [1.54, 1.807) is 0 Å². The van der Waals surface area contributed by atoms with E-state index >= 15 is 0 Å². The smallest absolute Gasteiger partial charge is 0.322 e. The lowest BCUT2D eigenvalue weighted by atomic mass is 10.2. The molecule has 2 N–H and O–H groups in total. The minimum Gasteiger partial charge on any atom is -0.468 e. The lowest BCUT2D eigenvalue weighted by molar-refractivity contribution is -0.143. The van der Waals surface area contributed by atoms with E-state index in [1.165, 1.54) is 7.11 Å². The second-order valence-electron chi connectivity index (χ2n) is 2.77. The van der Waals surface area contributed by atoms with Crippen molar-refractivity contribution >= 4 is 5.97 Å². The predicted octanol–water partition coefficient (Wildman–Crippen LogP) is -0.463. The average Bonchev–Trinajstić information content (AvgIpc) is 2.22. The standard InChI is InChI=1S/C9H19NO4/c1-3-8(9(12)13-2)10-4-6-14-7-5-11/h8,10-11H,3-7H2,1-2H3. The van der Waals surface area contributed by atoms with Crippen LogP contribution in [0.5, 0.6) is 0 Å². The van der Waals surface area contributed by atoms with Gasteiger partial charge in [0.15, 0.2) is 0 Å². The Labute approximate surface area is 84.4 Å². The largest absolute Gasteiger partial charge is 0.468 e. The molecule has 1 unspecified atom stereocenters. The minimum absolute atomic E-state index is 0.0220. The average molecular weight is 205 g/mol. The highest BCUT2D eigenvalue weighted by Crippen LogP contribution is 1.92. The number of aliphatic hydroxyl groups excluding tert-OH is 1. The van der Waals surface area contributed by atoms with Crippen LogP contribution < -0.4 is 5.32 Å². The summed E-state index contributed by atoms with van der Waals surface area (Å²) in [6.07, 6.45) is 0.687. The van der Waals surface area contributed by atoms with Gasteiger partial charge in [-0.1, -0.05) is 6.92 Å². The van der Waals surface area contributed by atoms with Gasteiger partial charge in [-0.3, -0.25) is 4.79 Å². The maximum Gasteiger partial charge on any atom is 0.322 e. The molecule has 14 heavy (non-hydrogen) atoms. The Balaban J connectivity index is 3.48. The molecule has 0 aliphatic heterocycles. The lowest BCUT2D eigenvalue weighted by Crippen LogP contribution is -2.38. The van der Waals surface area contributed by atoms with Crippen LogP contribution in [0.3, 0.4) is 0 Å². The summed E-state index contributed by atoms with van der Waals surface area (Å²) < 4.78 is 9.63. The normalized spacial score (nSPS) is 12.5. The molecule has 0 saturated heterocycles. The van der Waals surface area contributed by atoms with Crippen molar-refractivity contribution in [2.24, 2.45) is 0 Å². The fraction of sp³-hybridized carbons (Fsp3) is 0.889. The van der Waals surface area contributed by atoms with Crippen molar-refractivity contribution in [1.82, 2.24) is 5.32 Å². The monoisotopic (exact) mass is 205 g/mol. The Bertz CT molecular complexity index is 152. The number of carbonyl (C=O) groups excluding carboxylic acids is 1. The molecule has 0 radical (unpaired) electrons. The summed E-state index contributed by atoms with van der Waals surface area (Å²) in [5, 5.41) is 11.4. The first-order valence-electron chi connectivity index (χ1n) is 4.76. The highest BCUT2D eigenvalue weighted by Gasteiger charge is 2.14. The number of hydrogen-bond donors (Lipinski definition) is 2. The second-order valence-corrected chi connectivity index (χ2v) is 2.77. The van der Waals surface area contributed by atoms with E-state index < -0.39 is 0 Å². The molecule has 5 heteroatoms. The number of rotatable bonds is 8. The van der Waals surface area contributed by atoms with Gasteiger partial charge in [0, 0.05) is 6.54 Å². The summed E-state index contributed by atoms with van der Waals surface area (Å²) in [7, 11) is 1.37. The zero-order valence-corrected chi connectivity index (χ0v) is 8.78. The van der Waals surface area contributed by atoms with Crippen LogP contribution >= 0.6 is 0 Å². The van der Waals surface area contributed by atoms with Gasteiger partial charge in [0.2, 0.25) is 0 Å². The van der Waals surface area contributed by atoms with Gasteiger partial charge in [-0.05, 0) is 6.42 Å². The maximum absolute atomic E-state index is 11.1. The van der Waals surface area contributed by atoms with E-state index in [4.69, 9.17) is 9.84 Å². The van der Waals surface area contributed by atoms with Crippen LogP contribution in [0.25, 0.3) is 0 Å². The molecule has 0 bridgehead atoms. The van der Waals surface area contributed by atoms with Gasteiger partial charge < -0.3 is 19.9 Å². The summed E-state index contributed by atoms with van der Waals surface area (Å²) in [6.45, 7) is 3.32. The molecule has 0 heterocycles. The van der Waals surface area contributed by atoms with E-state index in [1.807, 2.05) is 6.92 Å². The van der Waals surface area contributed by atoms with Gasteiger partial charge in [0.1, 0.15) is 6.04 Å². The highest BCUT2D eigenvalue weighted by molar-refractivity contribution is 5.75. The molecule has 0 amide bonds. The van der Waals surface area contributed by atoms with Gasteiger partial charge in [-0.25, -0.2) is 0 Å². The summed E-state index contributed by atoms with van der Waals surface area (Å²) in [4.78, 5) is 11.1. The van der Waals surface area contributed by atoms with E-state index in [2.05, 4.69) is 10.1 Å². The topological polar surface area (TPSA) is 67.8 Å². The summed E-state index contributed by atoms with van der Waals surface area (Å²) in [5.74, 6) is -0.255. The van der Waals surface area contributed by atoms with Gasteiger partial charge in [-0.2, -0.15) is 0 Å². The fourth-order valence-corrected chi connectivity index (χ4v) is 1.01. The van der Waals surface area contributed by atoms with Crippen molar-refractivity contribution in [2.45, 2.75) is 19.4 Å². The molecule has 0 aromatic heterocycles. The van der Waals surface area contributed by atoms with Crippen LogP contribution in [-0.4, -0.2) is 50.6 Å². The quantitative estimate of drug-likeness (QED) is 0.414. The first kappa shape index (κ1) is 13.4. The molecule has 0 aliphatic rings.